The van der Waals surface area contributed by atoms with Crippen molar-refractivity contribution in [3.05, 3.63) is 180 Å². The van der Waals surface area contributed by atoms with Crippen LogP contribution >= 0.6 is 0 Å². The Morgan fingerprint density at radius 2 is 0.776 bits per heavy atom. The van der Waals surface area contributed by atoms with Gasteiger partial charge in [-0.1, -0.05) is 148 Å². The first-order valence-corrected chi connectivity index (χ1v) is 23.0. The zero-order valence-corrected chi connectivity index (χ0v) is 38.2. The van der Waals surface area contributed by atoms with Crippen LogP contribution in [-0.2, 0) is 16.8 Å². The van der Waals surface area contributed by atoms with E-state index < -0.39 is 0 Å². The van der Waals surface area contributed by atoms with Gasteiger partial charge in [-0.05, 0) is 97.2 Å². The Morgan fingerprint density at radius 1 is 0.433 bits per heavy atom. The number of nitrogens with zero attached hydrogens (tertiary/aromatic N) is 6. The van der Waals surface area contributed by atoms with Crippen molar-refractivity contribution < 1.29 is 37.2 Å². The molecule has 4 N–H and O–H groups in total. The summed E-state index contributed by atoms with van der Waals surface area (Å²) in [6, 6.07) is 49.9. The Bertz CT molecular complexity index is 2720. The number of phenols is 2. The van der Waals surface area contributed by atoms with Crippen molar-refractivity contribution >= 4 is 23.8 Å². The maximum atomic E-state index is 11.1. The Balaban J connectivity index is 0.000000179. The molecule has 1 radical (unpaired) electrons. The molecule has 2 fully saturated rings. The van der Waals surface area contributed by atoms with Gasteiger partial charge in [-0.25, -0.2) is 9.36 Å². The van der Waals surface area contributed by atoms with Crippen molar-refractivity contribution in [3.63, 3.8) is 0 Å². The first-order valence-electron chi connectivity index (χ1n) is 23.0. The Hall–Kier alpha value is -7.21. The smallest absolute Gasteiger partial charge is 0.223 e. The zero-order chi connectivity index (χ0) is 45.2. The number of aromatic hydroxyl groups is 4. The predicted octanol–water partition coefficient (Wildman–Crippen LogP) is 13.5. The zero-order valence-electron chi connectivity index (χ0n) is 37.2. The molecule has 6 aromatic carbocycles. The summed E-state index contributed by atoms with van der Waals surface area (Å²) in [5.74, 6) is 1.30. The summed E-state index contributed by atoms with van der Waals surface area (Å²) in [4.78, 5) is 9.19. The molecule has 0 aliphatic heterocycles. The van der Waals surface area contributed by atoms with Crippen LogP contribution in [0.25, 0.3) is 33.9 Å². The van der Waals surface area contributed by atoms with Gasteiger partial charge in [-0.3, -0.25) is 9.98 Å². The Morgan fingerprint density at radius 3 is 1.13 bits per heavy atom. The molecule has 10 nitrogen and oxygen atoms in total. The fourth-order valence-electron chi connectivity index (χ4n) is 9.13. The number of para-hydroxylation sites is 2. The van der Waals surface area contributed by atoms with Gasteiger partial charge in [-0.2, -0.15) is 10.2 Å². The molecule has 2 aliphatic carbocycles. The largest absolute Gasteiger partial charge is 0.506 e. The fraction of sp³-hybridized carbons (Fsp3) is 0.214. The topological polar surface area (TPSA) is 141 Å². The minimum atomic E-state index is 0. The van der Waals surface area contributed by atoms with Crippen LogP contribution in [0.5, 0.6) is 23.3 Å². The molecule has 2 aromatic heterocycles. The van der Waals surface area contributed by atoms with Crippen LogP contribution < -0.4 is 0 Å². The molecule has 0 unspecified atom stereocenters. The quantitative estimate of drug-likeness (QED) is 0.101. The molecule has 2 heterocycles. The number of phenolic OH excluding ortho intramolecular Hbond substituents is 2. The second kappa shape index (κ2) is 21.8. The third-order valence-electron chi connectivity index (χ3n) is 12.7. The van der Waals surface area contributed by atoms with Gasteiger partial charge in [0.25, 0.3) is 0 Å². The van der Waals surface area contributed by atoms with Crippen LogP contribution in [0.15, 0.2) is 168 Å². The molecule has 8 aromatic rings. The molecule has 11 heteroatoms. The van der Waals surface area contributed by atoms with E-state index in [9.17, 15) is 20.4 Å². The van der Waals surface area contributed by atoms with Crippen molar-refractivity contribution in [1.29, 1.82) is 0 Å². The summed E-state index contributed by atoms with van der Waals surface area (Å²) >= 11 is 0. The van der Waals surface area contributed by atoms with E-state index in [2.05, 4.69) is 20.2 Å². The molecule has 67 heavy (non-hydrogen) atoms. The van der Waals surface area contributed by atoms with Crippen molar-refractivity contribution in [1.82, 2.24) is 19.6 Å². The van der Waals surface area contributed by atoms with E-state index in [0.717, 1.165) is 22.5 Å². The summed E-state index contributed by atoms with van der Waals surface area (Å²) < 4.78 is 3.03. The number of aliphatic imine (C=N–C) groups is 2. The first kappa shape index (κ1) is 46.3. The van der Waals surface area contributed by atoms with E-state index in [1.54, 1.807) is 24.6 Å². The van der Waals surface area contributed by atoms with E-state index in [1.807, 2.05) is 146 Å². The van der Waals surface area contributed by atoms with Gasteiger partial charge in [0, 0.05) is 40.3 Å². The van der Waals surface area contributed by atoms with E-state index in [1.165, 1.54) is 84.7 Å². The molecule has 10 rings (SSSR count). The Labute approximate surface area is 401 Å². The normalized spacial score (nSPS) is 14.4. The van der Waals surface area contributed by atoms with E-state index >= 15 is 0 Å². The van der Waals surface area contributed by atoms with Gasteiger partial charge in [0.2, 0.25) is 11.8 Å². The van der Waals surface area contributed by atoms with Gasteiger partial charge < -0.3 is 20.4 Å². The molecular formula is C56H54CoN6O4. The maximum Gasteiger partial charge on any atom is 0.223 e. The molecule has 2 saturated carbocycles. The molecule has 0 saturated heterocycles. The predicted molar refractivity (Wildman–Crippen MR) is 264 cm³/mol. The minimum absolute atomic E-state index is 0. The molecule has 2 aliphatic rings. The van der Waals surface area contributed by atoms with Crippen molar-refractivity contribution in [2.45, 2.75) is 76.0 Å². The average Bonchev–Trinajstić information content (AvgIpc) is 3.90. The summed E-state index contributed by atoms with van der Waals surface area (Å²) in [6.07, 6.45) is 15.5. The monoisotopic (exact) mass is 933 g/mol. The van der Waals surface area contributed by atoms with Crippen LogP contribution in [0.1, 0.15) is 98.3 Å². The molecule has 341 valence electrons. The van der Waals surface area contributed by atoms with E-state index in [-0.39, 0.29) is 40.0 Å². The molecule has 0 bridgehead atoms. The van der Waals surface area contributed by atoms with Crippen molar-refractivity contribution in [3.8, 4) is 57.1 Å². The number of benzene rings is 6. The van der Waals surface area contributed by atoms with Gasteiger partial charge in [0.05, 0.1) is 22.5 Å². The molecule has 0 amide bonds. The van der Waals surface area contributed by atoms with Gasteiger partial charge in [0.15, 0.2) is 0 Å². The van der Waals surface area contributed by atoms with Crippen LogP contribution in [-0.4, -0.2) is 52.4 Å². The van der Waals surface area contributed by atoms with Crippen LogP contribution in [0.2, 0.25) is 0 Å². The number of rotatable bonds is 10. The van der Waals surface area contributed by atoms with Gasteiger partial charge in [-0.15, -0.1) is 0 Å². The number of hydrogen-bond acceptors (Lipinski definition) is 8. The number of hydrogen-bond donors (Lipinski definition) is 4. The summed E-state index contributed by atoms with van der Waals surface area (Å²) in [5.41, 5.74) is 8.98. The van der Waals surface area contributed by atoms with E-state index in [0.29, 0.717) is 45.7 Å². The SMILES string of the molecule is Oc1ccc(C2CCCCC2)cc1N=Cc1c(-c2ccccc2)nn(-c2ccccc2)c1O.Oc1ccc(C2CCCCC2)cc1N=Cc1c(-c2ccccc2)nn(-c2ccccc2)c1O.[Co]. The Kier molecular flexibility index (Phi) is 15.1. The third kappa shape index (κ3) is 10.8. The van der Waals surface area contributed by atoms with Crippen LogP contribution in [0.3, 0.4) is 0 Å². The van der Waals surface area contributed by atoms with Crippen molar-refractivity contribution in [2.75, 3.05) is 0 Å². The first-order chi connectivity index (χ1) is 32.4. The van der Waals surface area contributed by atoms with E-state index in [4.69, 9.17) is 0 Å². The fourth-order valence-corrected chi connectivity index (χ4v) is 9.13. The molecular weight excluding hydrogens is 880 g/mol. The van der Waals surface area contributed by atoms with Crippen LogP contribution in [0, 0.1) is 0 Å². The second-order valence-corrected chi connectivity index (χ2v) is 17.1. The second-order valence-electron chi connectivity index (χ2n) is 17.1. The standard InChI is InChI=1S/2C28H27N3O2.Co/c2*32-26-17-16-22(20-10-4-1-5-11-20)18-25(26)29-19-24-27(21-12-6-2-7-13-21)30-31(28(24)33)23-14-8-3-9-15-23;/h2*2-3,6-9,12-20,32-33H,1,4-5,10-11H2;. The van der Waals surface area contributed by atoms with Gasteiger partial charge in [0.1, 0.15) is 34.3 Å². The van der Waals surface area contributed by atoms with Gasteiger partial charge >= 0.3 is 0 Å². The summed E-state index contributed by atoms with van der Waals surface area (Å²) in [5, 5.41) is 52.4. The molecule has 0 atom stereocenters. The maximum absolute atomic E-state index is 11.1. The molecule has 0 spiro atoms. The minimum Gasteiger partial charge on any atom is -0.506 e. The summed E-state index contributed by atoms with van der Waals surface area (Å²) in [6.45, 7) is 0. The third-order valence-corrected chi connectivity index (χ3v) is 12.7. The number of aromatic nitrogens is 4. The van der Waals surface area contributed by atoms with Crippen molar-refractivity contribution in [2.24, 2.45) is 9.98 Å². The summed E-state index contributed by atoms with van der Waals surface area (Å²) in [7, 11) is 0. The average molecular weight is 934 g/mol. The van der Waals surface area contributed by atoms with Crippen LogP contribution in [0.4, 0.5) is 11.4 Å².